The highest BCUT2D eigenvalue weighted by Gasteiger charge is 2.56. The Labute approximate surface area is 220 Å². The third-order valence-electron chi connectivity index (χ3n) is 7.74. The lowest BCUT2D eigenvalue weighted by Crippen LogP contribution is -2.55. The molecule has 0 spiro atoms. The number of nitrogens with one attached hydrogen (secondary N) is 1. The highest BCUT2D eigenvalue weighted by atomic mass is 32.1. The van der Waals surface area contributed by atoms with Crippen molar-refractivity contribution in [2.24, 2.45) is 5.92 Å². The maximum absolute atomic E-state index is 13.7. The minimum atomic E-state index is -1.37. The van der Waals surface area contributed by atoms with E-state index in [4.69, 9.17) is 0 Å². The molecule has 9 heteroatoms. The summed E-state index contributed by atoms with van der Waals surface area (Å²) >= 11 is 1.37. The van der Waals surface area contributed by atoms with Crippen LogP contribution in [0.2, 0.25) is 0 Å². The summed E-state index contributed by atoms with van der Waals surface area (Å²) in [6.07, 6.45) is 2.53. The van der Waals surface area contributed by atoms with Gasteiger partial charge in [-0.15, -0.1) is 11.3 Å². The largest absolute Gasteiger partial charge is 0.380 e. The molecule has 1 aliphatic carbocycles. The number of fused-ring (bicyclic) bond motifs is 1. The maximum atomic E-state index is 13.7. The zero-order chi connectivity index (χ0) is 26.3. The van der Waals surface area contributed by atoms with Crippen molar-refractivity contribution >= 4 is 34.8 Å². The quantitative estimate of drug-likeness (QED) is 0.581. The fourth-order valence-electron chi connectivity index (χ4n) is 5.67. The number of thiophene rings is 1. The molecule has 3 heterocycles. The fraction of sp³-hybridized carbons (Fsp3) is 0.500. The SMILES string of the molecule is CC(C)CC(NC(=O)c1ccc(-c2ccccc2)s1)C(=O)N1CCC2C1C(=O)CN2C(=O)C1(O)CCC1. The van der Waals surface area contributed by atoms with Crippen LogP contribution in [0.25, 0.3) is 10.4 Å². The second-order valence-corrected chi connectivity index (χ2v) is 11.9. The lowest BCUT2D eigenvalue weighted by atomic mass is 9.79. The van der Waals surface area contributed by atoms with Crippen molar-refractivity contribution in [2.75, 3.05) is 13.1 Å². The average molecular weight is 524 g/mol. The number of likely N-dealkylation sites (tertiary alicyclic amines) is 2. The van der Waals surface area contributed by atoms with Gasteiger partial charge in [-0.3, -0.25) is 19.2 Å². The topological polar surface area (TPSA) is 107 Å². The Bertz CT molecular complexity index is 1210. The summed E-state index contributed by atoms with van der Waals surface area (Å²) in [7, 11) is 0. The molecule has 3 unspecified atom stereocenters. The number of ketones is 1. The van der Waals surface area contributed by atoms with E-state index in [0.717, 1.165) is 16.9 Å². The smallest absolute Gasteiger partial charge is 0.262 e. The van der Waals surface area contributed by atoms with Gasteiger partial charge in [0.2, 0.25) is 5.91 Å². The maximum Gasteiger partial charge on any atom is 0.262 e. The van der Waals surface area contributed by atoms with Crippen LogP contribution in [0, 0.1) is 5.92 Å². The number of aliphatic hydroxyl groups is 1. The van der Waals surface area contributed by atoms with Crippen LogP contribution in [0.5, 0.6) is 0 Å². The van der Waals surface area contributed by atoms with Crippen LogP contribution >= 0.6 is 11.3 Å². The first kappa shape index (κ1) is 25.6. The van der Waals surface area contributed by atoms with Gasteiger partial charge in [0.1, 0.15) is 17.7 Å². The van der Waals surface area contributed by atoms with Crippen molar-refractivity contribution in [1.29, 1.82) is 0 Å². The van der Waals surface area contributed by atoms with Crippen LogP contribution in [-0.4, -0.2) is 75.2 Å². The first-order valence-electron chi connectivity index (χ1n) is 13.0. The van der Waals surface area contributed by atoms with Gasteiger partial charge in [0.25, 0.3) is 11.8 Å². The van der Waals surface area contributed by atoms with Gasteiger partial charge in [0, 0.05) is 11.4 Å². The van der Waals surface area contributed by atoms with Gasteiger partial charge in [-0.25, -0.2) is 0 Å². The van der Waals surface area contributed by atoms with Gasteiger partial charge in [-0.2, -0.15) is 0 Å². The summed E-state index contributed by atoms with van der Waals surface area (Å²) < 4.78 is 0. The molecule has 37 heavy (non-hydrogen) atoms. The van der Waals surface area contributed by atoms with Crippen LogP contribution in [0.15, 0.2) is 42.5 Å². The van der Waals surface area contributed by atoms with Gasteiger partial charge >= 0.3 is 0 Å². The number of amides is 3. The molecule has 1 aromatic heterocycles. The monoisotopic (exact) mass is 523 g/mol. The van der Waals surface area contributed by atoms with Gasteiger partial charge < -0.3 is 20.2 Å². The van der Waals surface area contributed by atoms with Crippen LogP contribution in [0.1, 0.15) is 55.6 Å². The molecule has 3 amide bonds. The summed E-state index contributed by atoms with van der Waals surface area (Å²) in [6, 6.07) is 11.5. The molecule has 196 valence electrons. The highest BCUT2D eigenvalue weighted by molar-refractivity contribution is 7.17. The van der Waals surface area contributed by atoms with E-state index in [0.29, 0.717) is 37.1 Å². The molecular weight excluding hydrogens is 490 g/mol. The van der Waals surface area contributed by atoms with Gasteiger partial charge in [-0.05, 0) is 55.7 Å². The number of hydrogen-bond acceptors (Lipinski definition) is 6. The Kier molecular flexibility index (Phi) is 6.93. The third kappa shape index (κ3) is 4.82. The van der Waals surface area contributed by atoms with Crippen molar-refractivity contribution in [2.45, 2.75) is 69.7 Å². The zero-order valence-electron chi connectivity index (χ0n) is 21.2. The number of rotatable bonds is 7. The van der Waals surface area contributed by atoms with Crippen molar-refractivity contribution < 1.29 is 24.3 Å². The number of carbonyl (C=O) groups excluding carboxylic acids is 4. The van der Waals surface area contributed by atoms with Crippen molar-refractivity contribution in [3.05, 3.63) is 47.3 Å². The molecule has 2 aromatic rings. The molecule has 5 rings (SSSR count). The second kappa shape index (κ2) is 10.0. The number of benzene rings is 1. The van der Waals surface area contributed by atoms with E-state index in [1.807, 2.05) is 50.2 Å². The molecule has 2 N–H and O–H groups in total. The second-order valence-electron chi connectivity index (χ2n) is 10.8. The Morgan fingerprint density at radius 3 is 2.49 bits per heavy atom. The van der Waals surface area contributed by atoms with Gasteiger partial charge in [-0.1, -0.05) is 44.2 Å². The van der Waals surface area contributed by atoms with E-state index in [1.165, 1.54) is 16.2 Å². The number of carbonyl (C=O) groups is 4. The van der Waals surface area contributed by atoms with Crippen LogP contribution in [0.3, 0.4) is 0 Å². The average Bonchev–Trinajstić information content (AvgIpc) is 3.59. The first-order chi connectivity index (χ1) is 17.7. The molecule has 2 aliphatic heterocycles. The molecule has 1 aromatic carbocycles. The van der Waals surface area contributed by atoms with E-state index < -0.39 is 29.6 Å². The van der Waals surface area contributed by atoms with Crippen molar-refractivity contribution in [3.8, 4) is 10.4 Å². The number of nitrogens with zero attached hydrogens (tertiary/aromatic N) is 2. The summed E-state index contributed by atoms with van der Waals surface area (Å²) in [5.41, 5.74) is -0.352. The summed E-state index contributed by atoms with van der Waals surface area (Å²) in [4.78, 5) is 57.3. The Morgan fingerprint density at radius 1 is 1.11 bits per heavy atom. The third-order valence-corrected chi connectivity index (χ3v) is 8.88. The Hall–Kier alpha value is -3.04. The fourth-order valence-corrected chi connectivity index (χ4v) is 6.59. The molecule has 2 saturated heterocycles. The Balaban J connectivity index is 1.30. The van der Waals surface area contributed by atoms with E-state index >= 15 is 0 Å². The van der Waals surface area contributed by atoms with Crippen molar-refractivity contribution in [1.82, 2.24) is 15.1 Å². The predicted molar refractivity (Wildman–Crippen MR) is 140 cm³/mol. The first-order valence-corrected chi connectivity index (χ1v) is 13.8. The van der Waals surface area contributed by atoms with Crippen LogP contribution < -0.4 is 5.32 Å². The lowest BCUT2D eigenvalue weighted by molar-refractivity contribution is -0.161. The molecule has 1 saturated carbocycles. The summed E-state index contributed by atoms with van der Waals surface area (Å²) in [5.74, 6) is -1.05. The standard InChI is InChI=1S/C28H33N3O5S/c1-17(2)15-19(29-25(33)23-10-9-22(37-23)18-7-4-3-5-8-18)26(34)30-14-11-20-24(30)21(32)16-31(20)27(35)28(36)12-6-13-28/h3-5,7-10,17,19-20,24,36H,6,11-16H2,1-2H3,(H,29,33). The van der Waals surface area contributed by atoms with E-state index in [2.05, 4.69) is 5.32 Å². The van der Waals surface area contributed by atoms with E-state index in [9.17, 15) is 24.3 Å². The predicted octanol–water partition coefficient (Wildman–Crippen LogP) is 2.86. The highest BCUT2D eigenvalue weighted by Crippen LogP contribution is 2.38. The normalized spacial score (nSPS) is 23.1. The lowest BCUT2D eigenvalue weighted by Gasteiger charge is -2.39. The number of Topliss-reactive ketones (excluding diaryl/α,β-unsaturated/α-hetero) is 1. The van der Waals surface area contributed by atoms with Crippen LogP contribution in [-0.2, 0) is 14.4 Å². The van der Waals surface area contributed by atoms with Crippen LogP contribution in [0.4, 0.5) is 0 Å². The van der Waals surface area contributed by atoms with E-state index in [-0.39, 0.29) is 30.1 Å². The van der Waals surface area contributed by atoms with E-state index in [1.54, 1.807) is 11.0 Å². The Morgan fingerprint density at radius 2 is 1.84 bits per heavy atom. The molecule has 0 radical (unpaired) electrons. The van der Waals surface area contributed by atoms with Gasteiger partial charge in [0.05, 0.1) is 17.5 Å². The molecular formula is C28H33N3O5S. The molecule has 3 fully saturated rings. The molecule has 3 atom stereocenters. The molecule has 3 aliphatic rings. The minimum Gasteiger partial charge on any atom is -0.380 e. The summed E-state index contributed by atoms with van der Waals surface area (Å²) in [5, 5.41) is 13.5. The molecule has 0 bridgehead atoms. The van der Waals surface area contributed by atoms with Crippen molar-refractivity contribution in [3.63, 3.8) is 0 Å². The number of hydrogen-bond donors (Lipinski definition) is 2. The minimum absolute atomic E-state index is 0.0844. The summed E-state index contributed by atoms with van der Waals surface area (Å²) in [6.45, 7) is 4.22. The molecule has 8 nitrogen and oxygen atoms in total. The zero-order valence-corrected chi connectivity index (χ0v) is 22.0. The van der Waals surface area contributed by atoms with Gasteiger partial charge in [0.15, 0.2) is 5.78 Å².